The van der Waals surface area contributed by atoms with E-state index < -0.39 is 0 Å². The summed E-state index contributed by atoms with van der Waals surface area (Å²) < 4.78 is 11.7. The summed E-state index contributed by atoms with van der Waals surface area (Å²) in [5, 5.41) is 11.9. The molecule has 0 unspecified atom stereocenters. The molecule has 0 fully saturated rings. The standard InChI is InChI=1S/C18H17BrN4O3S/c1-3-8-26-15-12(19)9-11(10-14(15)25-2)16(24)21-18-23-22-17(27-18)13-6-4-5-7-20-13/h4-7,9-10H,3,8H2,1-2H3,(H,21,23,24). The molecule has 0 spiro atoms. The van der Waals surface area contributed by atoms with Crippen molar-refractivity contribution in [1.82, 2.24) is 15.2 Å². The van der Waals surface area contributed by atoms with Gasteiger partial charge in [-0.25, -0.2) is 0 Å². The van der Waals surface area contributed by atoms with Gasteiger partial charge in [-0.3, -0.25) is 15.1 Å². The molecule has 9 heteroatoms. The number of methoxy groups -OCH3 is 1. The van der Waals surface area contributed by atoms with E-state index in [2.05, 4.69) is 36.4 Å². The molecule has 3 aromatic rings. The van der Waals surface area contributed by atoms with Gasteiger partial charge in [0.05, 0.1) is 18.2 Å². The van der Waals surface area contributed by atoms with Crippen molar-refractivity contribution in [2.75, 3.05) is 19.0 Å². The highest BCUT2D eigenvalue weighted by atomic mass is 79.9. The summed E-state index contributed by atoms with van der Waals surface area (Å²) in [6, 6.07) is 8.85. The van der Waals surface area contributed by atoms with E-state index in [0.29, 0.717) is 44.0 Å². The van der Waals surface area contributed by atoms with Gasteiger partial charge in [0.2, 0.25) is 5.13 Å². The number of anilines is 1. The second-order valence-corrected chi connectivity index (χ2v) is 7.25. The van der Waals surface area contributed by atoms with Gasteiger partial charge in [-0.2, -0.15) is 0 Å². The number of nitrogens with one attached hydrogen (secondary N) is 1. The molecular formula is C18H17BrN4O3S. The summed E-state index contributed by atoms with van der Waals surface area (Å²) in [5.74, 6) is 0.735. The van der Waals surface area contributed by atoms with Gasteiger partial charge in [-0.05, 0) is 46.6 Å². The van der Waals surface area contributed by atoms with Crippen LogP contribution in [0.1, 0.15) is 23.7 Å². The highest BCUT2D eigenvalue weighted by molar-refractivity contribution is 9.10. The lowest BCUT2D eigenvalue weighted by Crippen LogP contribution is -2.12. The predicted octanol–water partition coefficient (Wildman–Crippen LogP) is 4.41. The van der Waals surface area contributed by atoms with Crippen LogP contribution in [0.3, 0.4) is 0 Å². The zero-order valence-corrected chi connectivity index (χ0v) is 17.1. The van der Waals surface area contributed by atoms with E-state index in [4.69, 9.17) is 9.47 Å². The molecule has 1 aromatic carbocycles. The molecule has 1 amide bonds. The normalized spacial score (nSPS) is 10.5. The van der Waals surface area contributed by atoms with Gasteiger partial charge in [0.25, 0.3) is 5.91 Å². The van der Waals surface area contributed by atoms with E-state index in [1.165, 1.54) is 18.4 Å². The fraction of sp³-hybridized carbons (Fsp3) is 0.222. The highest BCUT2D eigenvalue weighted by Crippen LogP contribution is 2.37. The Morgan fingerprint density at radius 3 is 2.85 bits per heavy atom. The van der Waals surface area contributed by atoms with Gasteiger partial charge < -0.3 is 9.47 Å². The van der Waals surface area contributed by atoms with Gasteiger partial charge in [0.1, 0.15) is 5.69 Å². The van der Waals surface area contributed by atoms with Crippen LogP contribution in [0.2, 0.25) is 0 Å². The number of aromatic nitrogens is 3. The van der Waals surface area contributed by atoms with E-state index in [1.54, 1.807) is 18.3 Å². The minimum Gasteiger partial charge on any atom is -0.493 e. The number of amides is 1. The molecule has 0 aliphatic carbocycles. The zero-order chi connectivity index (χ0) is 19.2. The van der Waals surface area contributed by atoms with Crippen molar-refractivity contribution in [3.05, 3.63) is 46.6 Å². The first-order valence-electron chi connectivity index (χ1n) is 8.19. The second-order valence-electron chi connectivity index (χ2n) is 5.42. The molecule has 0 saturated heterocycles. The Hall–Kier alpha value is -2.52. The van der Waals surface area contributed by atoms with E-state index in [9.17, 15) is 4.79 Å². The number of halogens is 1. The van der Waals surface area contributed by atoms with Gasteiger partial charge in [-0.1, -0.05) is 24.3 Å². The maximum atomic E-state index is 12.6. The third-order valence-corrected chi connectivity index (χ3v) is 4.92. The monoisotopic (exact) mass is 448 g/mol. The fourth-order valence-corrected chi connectivity index (χ4v) is 3.50. The Morgan fingerprint density at radius 1 is 1.30 bits per heavy atom. The average Bonchev–Trinajstić information content (AvgIpc) is 3.15. The van der Waals surface area contributed by atoms with E-state index in [0.717, 1.165) is 6.42 Å². The van der Waals surface area contributed by atoms with Crippen molar-refractivity contribution < 1.29 is 14.3 Å². The summed E-state index contributed by atoms with van der Waals surface area (Å²) in [7, 11) is 1.53. The van der Waals surface area contributed by atoms with Crippen molar-refractivity contribution in [3.8, 4) is 22.2 Å². The first-order valence-corrected chi connectivity index (χ1v) is 9.80. The number of rotatable bonds is 7. The summed E-state index contributed by atoms with van der Waals surface area (Å²) in [4.78, 5) is 16.8. The van der Waals surface area contributed by atoms with E-state index in [-0.39, 0.29) is 5.91 Å². The lowest BCUT2D eigenvalue weighted by atomic mass is 10.2. The molecule has 1 N–H and O–H groups in total. The smallest absolute Gasteiger partial charge is 0.257 e. The minimum absolute atomic E-state index is 0.320. The molecule has 140 valence electrons. The molecule has 2 aromatic heterocycles. The first-order chi connectivity index (χ1) is 13.1. The topological polar surface area (TPSA) is 86.2 Å². The molecule has 7 nitrogen and oxygen atoms in total. The van der Waals surface area contributed by atoms with Crippen molar-refractivity contribution in [1.29, 1.82) is 0 Å². The van der Waals surface area contributed by atoms with Crippen molar-refractivity contribution >= 4 is 38.3 Å². The van der Waals surface area contributed by atoms with Crippen molar-refractivity contribution in [2.24, 2.45) is 0 Å². The van der Waals surface area contributed by atoms with Crippen LogP contribution < -0.4 is 14.8 Å². The molecule has 2 heterocycles. The lowest BCUT2D eigenvalue weighted by molar-refractivity contribution is 0.102. The minimum atomic E-state index is -0.320. The van der Waals surface area contributed by atoms with Crippen LogP contribution in [0.25, 0.3) is 10.7 Å². The van der Waals surface area contributed by atoms with Crippen LogP contribution in [-0.2, 0) is 0 Å². The molecule has 0 atom stereocenters. The quantitative estimate of drug-likeness (QED) is 0.575. The lowest BCUT2D eigenvalue weighted by Gasteiger charge is -2.13. The number of carbonyl (C=O) groups excluding carboxylic acids is 1. The molecule has 0 aliphatic heterocycles. The number of nitrogens with zero attached hydrogens (tertiary/aromatic N) is 3. The Balaban J connectivity index is 1.78. The third-order valence-electron chi connectivity index (χ3n) is 3.47. The molecular weight excluding hydrogens is 432 g/mol. The van der Waals surface area contributed by atoms with Crippen LogP contribution in [0.15, 0.2) is 41.0 Å². The third kappa shape index (κ3) is 4.61. The fourth-order valence-electron chi connectivity index (χ4n) is 2.23. The second kappa shape index (κ2) is 8.92. The van der Waals surface area contributed by atoms with Gasteiger partial charge in [0, 0.05) is 11.8 Å². The van der Waals surface area contributed by atoms with Crippen LogP contribution in [0.4, 0.5) is 5.13 Å². The van der Waals surface area contributed by atoms with Crippen LogP contribution in [0, 0.1) is 0 Å². The largest absolute Gasteiger partial charge is 0.493 e. The number of ether oxygens (including phenoxy) is 2. The highest BCUT2D eigenvalue weighted by Gasteiger charge is 2.17. The summed E-state index contributed by atoms with van der Waals surface area (Å²) in [5.41, 5.74) is 1.12. The number of carbonyl (C=O) groups is 1. The van der Waals surface area contributed by atoms with Crippen molar-refractivity contribution in [3.63, 3.8) is 0 Å². The summed E-state index contributed by atoms with van der Waals surface area (Å²) >= 11 is 4.69. The molecule has 0 saturated carbocycles. The van der Waals surface area contributed by atoms with Crippen molar-refractivity contribution in [2.45, 2.75) is 13.3 Å². The van der Waals surface area contributed by atoms with Crippen LogP contribution in [0.5, 0.6) is 11.5 Å². The predicted molar refractivity (Wildman–Crippen MR) is 108 cm³/mol. The average molecular weight is 449 g/mol. The molecule has 0 bridgehead atoms. The molecule has 0 radical (unpaired) electrons. The Labute approximate surface area is 168 Å². The van der Waals surface area contributed by atoms with E-state index >= 15 is 0 Å². The molecule has 27 heavy (non-hydrogen) atoms. The Kier molecular flexibility index (Phi) is 6.36. The summed E-state index contributed by atoms with van der Waals surface area (Å²) in [6.07, 6.45) is 2.55. The molecule has 0 aliphatic rings. The zero-order valence-electron chi connectivity index (χ0n) is 14.7. The first kappa shape index (κ1) is 19.2. The van der Waals surface area contributed by atoms with Gasteiger partial charge in [0.15, 0.2) is 16.5 Å². The Morgan fingerprint density at radius 2 is 2.15 bits per heavy atom. The Bertz CT molecular complexity index is 934. The van der Waals surface area contributed by atoms with Gasteiger partial charge >= 0.3 is 0 Å². The van der Waals surface area contributed by atoms with Gasteiger partial charge in [-0.15, -0.1) is 10.2 Å². The van der Waals surface area contributed by atoms with Crippen LogP contribution >= 0.6 is 27.3 Å². The van der Waals surface area contributed by atoms with E-state index in [1.807, 2.05) is 25.1 Å². The molecule has 3 rings (SSSR count). The van der Waals surface area contributed by atoms with Crippen LogP contribution in [-0.4, -0.2) is 34.8 Å². The number of hydrogen-bond acceptors (Lipinski definition) is 7. The number of hydrogen-bond donors (Lipinski definition) is 1. The number of benzene rings is 1. The number of pyridine rings is 1. The maximum Gasteiger partial charge on any atom is 0.257 e. The summed E-state index contributed by atoms with van der Waals surface area (Å²) in [6.45, 7) is 2.57. The maximum absolute atomic E-state index is 12.6. The SMILES string of the molecule is CCCOc1c(Br)cc(C(=O)Nc2nnc(-c3ccccn3)s2)cc1OC.